The van der Waals surface area contributed by atoms with Crippen LogP contribution in [0.1, 0.15) is 5.56 Å². The molecule has 3 aromatic rings. The van der Waals surface area contributed by atoms with E-state index in [9.17, 15) is 5.11 Å². The molecule has 6 heteroatoms. The molecule has 0 fully saturated rings. The molecule has 25 heavy (non-hydrogen) atoms. The van der Waals surface area contributed by atoms with E-state index in [2.05, 4.69) is 10.3 Å². The van der Waals surface area contributed by atoms with E-state index in [0.29, 0.717) is 29.3 Å². The standard InChI is InChI=1S/C19H20N2O4/c1-23-13-9-16(24-2)19(17(10-13)25-3)21-11-12-6-7-15(22)18-14(12)5-4-8-20-18/h4-10,21-22H,11H2,1-3H3. The first-order chi connectivity index (χ1) is 12.2. The van der Waals surface area contributed by atoms with Gasteiger partial charge in [0.05, 0.1) is 21.3 Å². The highest BCUT2D eigenvalue weighted by Gasteiger charge is 2.14. The van der Waals surface area contributed by atoms with Crippen LogP contribution in [0.2, 0.25) is 0 Å². The minimum absolute atomic E-state index is 0.166. The Bertz CT molecular complexity index is 871. The summed E-state index contributed by atoms with van der Waals surface area (Å²) in [7, 11) is 4.79. The van der Waals surface area contributed by atoms with Gasteiger partial charge in [-0.15, -0.1) is 0 Å². The van der Waals surface area contributed by atoms with Crippen LogP contribution >= 0.6 is 0 Å². The first kappa shape index (κ1) is 16.7. The molecule has 0 aliphatic carbocycles. The minimum atomic E-state index is 0.166. The molecule has 0 radical (unpaired) electrons. The van der Waals surface area contributed by atoms with Crippen LogP contribution in [-0.2, 0) is 6.54 Å². The zero-order chi connectivity index (χ0) is 17.8. The van der Waals surface area contributed by atoms with Crippen LogP contribution in [0.5, 0.6) is 23.0 Å². The van der Waals surface area contributed by atoms with E-state index in [-0.39, 0.29) is 5.75 Å². The fourth-order valence-electron chi connectivity index (χ4n) is 2.73. The van der Waals surface area contributed by atoms with E-state index in [1.807, 2.05) is 18.2 Å². The maximum Gasteiger partial charge on any atom is 0.149 e. The zero-order valence-electron chi connectivity index (χ0n) is 14.4. The van der Waals surface area contributed by atoms with Crippen LogP contribution in [0.15, 0.2) is 42.6 Å². The summed E-state index contributed by atoms with van der Waals surface area (Å²) in [5.74, 6) is 2.06. The van der Waals surface area contributed by atoms with Gasteiger partial charge in [0.15, 0.2) is 0 Å². The molecule has 1 heterocycles. The van der Waals surface area contributed by atoms with Crippen LogP contribution < -0.4 is 19.5 Å². The predicted molar refractivity (Wildman–Crippen MR) is 96.8 cm³/mol. The van der Waals surface area contributed by atoms with Crippen molar-refractivity contribution in [3.8, 4) is 23.0 Å². The molecule has 0 bridgehead atoms. The lowest BCUT2D eigenvalue weighted by Gasteiger charge is -2.17. The molecule has 0 amide bonds. The molecule has 3 rings (SSSR count). The second-order valence-corrected chi connectivity index (χ2v) is 5.40. The highest BCUT2D eigenvalue weighted by molar-refractivity contribution is 5.87. The van der Waals surface area contributed by atoms with Crippen LogP contribution in [0.3, 0.4) is 0 Å². The molecular formula is C19H20N2O4. The molecule has 130 valence electrons. The van der Waals surface area contributed by atoms with Gasteiger partial charge in [-0.2, -0.15) is 0 Å². The van der Waals surface area contributed by atoms with Gasteiger partial charge in [0.2, 0.25) is 0 Å². The Morgan fingerprint density at radius 2 is 1.72 bits per heavy atom. The molecule has 0 saturated carbocycles. The molecule has 0 spiro atoms. The van der Waals surface area contributed by atoms with Gasteiger partial charge in [-0.05, 0) is 17.7 Å². The topological polar surface area (TPSA) is 72.8 Å². The normalized spacial score (nSPS) is 10.5. The number of aromatic nitrogens is 1. The monoisotopic (exact) mass is 340 g/mol. The first-order valence-corrected chi connectivity index (χ1v) is 7.77. The number of hydrogen-bond acceptors (Lipinski definition) is 6. The van der Waals surface area contributed by atoms with E-state index in [1.165, 1.54) is 0 Å². The van der Waals surface area contributed by atoms with Crippen molar-refractivity contribution in [2.75, 3.05) is 26.6 Å². The van der Waals surface area contributed by atoms with Crippen LogP contribution in [0, 0.1) is 0 Å². The second kappa shape index (κ2) is 7.17. The smallest absolute Gasteiger partial charge is 0.149 e. The number of nitrogens with zero attached hydrogens (tertiary/aromatic N) is 1. The first-order valence-electron chi connectivity index (χ1n) is 7.77. The summed E-state index contributed by atoms with van der Waals surface area (Å²) in [6.45, 7) is 0.515. The molecule has 0 unspecified atom stereocenters. The van der Waals surface area contributed by atoms with Gasteiger partial charge in [-0.3, -0.25) is 4.98 Å². The molecule has 2 aromatic carbocycles. The van der Waals surface area contributed by atoms with Gasteiger partial charge < -0.3 is 24.6 Å². The summed E-state index contributed by atoms with van der Waals surface area (Å²) in [5.41, 5.74) is 2.31. The summed E-state index contributed by atoms with van der Waals surface area (Å²) < 4.78 is 16.2. The van der Waals surface area contributed by atoms with Crippen molar-refractivity contribution in [3.05, 3.63) is 48.2 Å². The van der Waals surface area contributed by atoms with Crippen molar-refractivity contribution in [2.24, 2.45) is 0 Å². The van der Waals surface area contributed by atoms with Crippen molar-refractivity contribution < 1.29 is 19.3 Å². The lowest BCUT2D eigenvalue weighted by atomic mass is 10.1. The van der Waals surface area contributed by atoms with Crippen molar-refractivity contribution >= 4 is 16.6 Å². The number of phenols is 1. The van der Waals surface area contributed by atoms with Crippen molar-refractivity contribution in [1.82, 2.24) is 4.98 Å². The molecule has 0 aliphatic rings. The molecule has 0 aliphatic heterocycles. The Hall–Kier alpha value is -3.15. The largest absolute Gasteiger partial charge is 0.506 e. The average Bonchev–Trinajstić information content (AvgIpc) is 2.67. The fraction of sp³-hybridized carbons (Fsp3) is 0.211. The summed E-state index contributed by atoms with van der Waals surface area (Å²) >= 11 is 0. The summed E-state index contributed by atoms with van der Waals surface area (Å²) in [6, 6.07) is 10.9. The third kappa shape index (κ3) is 3.24. The van der Waals surface area contributed by atoms with Gasteiger partial charge in [0.25, 0.3) is 0 Å². The van der Waals surface area contributed by atoms with E-state index >= 15 is 0 Å². The molecular weight excluding hydrogens is 320 g/mol. The van der Waals surface area contributed by atoms with E-state index < -0.39 is 0 Å². The van der Waals surface area contributed by atoms with E-state index in [4.69, 9.17) is 14.2 Å². The lowest BCUT2D eigenvalue weighted by molar-refractivity contribution is 0.377. The summed E-state index contributed by atoms with van der Waals surface area (Å²) in [4.78, 5) is 4.24. The summed E-state index contributed by atoms with van der Waals surface area (Å²) in [5, 5.41) is 14.2. The van der Waals surface area contributed by atoms with Crippen LogP contribution in [-0.4, -0.2) is 31.4 Å². The number of pyridine rings is 1. The lowest BCUT2D eigenvalue weighted by Crippen LogP contribution is -2.04. The number of anilines is 1. The Morgan fingerprint density at radius 1 is 1.00 bits per heavy atom. The van der Waals surface area contributed by atoms with Crippen LogP contribution in [0.4, 0.5) is 5.69 Å². The number of phenolic OH excluding ortho intramolecular Hbond substituents is 1. The number of rotatable bonds is 6. The Kier molecular flexibility index (Phi) is 4.79. The molecule has 6 nitrogen and oxygen atoms in total. The number of benzene rings is 2. The fourth-order valence-corrected chi connectivity index (χ4v) is 2.73. The molecule has 0 atom stereocenters. The van der Waals surface area contributed by atoms with Crippen LogP contribution in [0.25, 0.3) is 10.9 Å². The quantitative estimate of drug-likeness (QED) is 0.714. The van der Waals surface area contributed by atoms with Gasteiger partial charge >= 0.3 is 0 Å². The second-order valence-electron chi connectivity index (χ2n) is 5.40. The minimum Gasteiger partial charge on any atom is -0.506 e. The predicted octanol–water partition coefficient (Wildman–Crippen LogP) is 3.58. The summed E-state index contributed by atoms with van der Waals surface area (Å²) in [6.07, 6.45) is 1.66. The third-order valence-corrected chi connectivity index (χ3v) is 4.01. The maximum absolute atomic E-state index is 9.97. The number of nitrogens with one attached hydrogen (secondary N) is 1. The van der Waals surface area contributed by atoms with E-state index in [1.54, 1.807) is 45.7 Å². The Labute approximate surface area is 146 Å². The van der Waals surface area contributed by atoms with Crippen molar-refractivity contribution in [2.45, 2.75) is 6.54 Å². The number of ether oxygens (including phenoxy) is 3. The van der Waals surface area contributed by atoms with Gasteiger partial charge in [-0.25, -0.2) is 0 Å². The maximum atomic E-state index is 9.97. The highest BCUT2D eigenvalue weighted by Crippen LogP contribution is 2.39. The number of aromatic hydroxyl groups is 1. The van der Waals surface area contributed by atoms with Gasteiger partial charge in [-0.1, -0.05) is 12.1 Å². The Balaban J connectivity index is 1.96. The Morgan fingerprint density at radius 3 is 2.36 bits per heavy atom. The number of methoxy groups -OCH3 is 3. The number of hydrogen-bond donors (Lipinski definition) is 2. The average molecular weight is 340 g/mol. The zero-order valence-corrected chi connectivity index (χ0v) is 14.4. The number of fused-ring (bicyclic) bond motifs is 1. The third-order valence-electron chi connectivity index (χ3n) is 4.01. The van der Waals surface area contributed by atoms with Gasteiger partial charge in [0, 0.05) is 30.3 Å². The van der Waals surface area contributed by atoms with E-state index in [0.717, 1.165) is 16.6 Å². The SMILES string of the molecule is COc1cc(OC)c(NCc2ccc(O)c3ncccc23)c(OC)c1. The van der Waals surface area contributed by atoms with Gasteiger partial charge in [0.1, 0.15) is 34.2 Å². The van der Waals surface area contributed by atoms with Crippen molar-refractivity contribution in [1.29, 1.82) is 0 Å². The molecule has 2 N–H and O–H groups in total. The van der Waals surface area contributed by atoms with Crippen molar-refractivity contribution in [3.63, 3.8) is 0 Å². The highest BCUT2D eigenvalue weighted by atomic mass is 16.5. The molecule has 0 saturated heterocycles. The molecule has 1 aromatic heterocycles.